The number of anilines is 2. The maximum absolute atomic E-state index is 14.4. The van der Waals surface area contributed by atoms with Crippen LogP contribution in [0.2, 0.25) is 0 Å². The molecular weight excluding hydrogens is 421 g/mol. The number of rotatable bonds is 11. The Morgan fingerprint density at radius 1 is 1.12 bits per heavy atom. The molecule has 2 aromatic rings. The molecule has 0 atom stereocenters. The Kier molecular flexibility index (Phi) is 12.5. The Labute approximate surface area is 198 Å². The first-order valence-corrected chi connectivity index (χ1v) is 11.5. The molecule has 0 fully saturated rings. The summed E-state index contributed by atoms with van der Waals surface area (Å²) in [6.45, 7) is 9.62. The smallest absolute Gasteiger partial charge is 0.255 e. The van der Waals surface area contributed by atoms with Gasteiger partial charge < -0.3 is 25.4 Å². The van der Waals surface area contributed by atoms with Crippen LogP contribution in [0.1, 0.15) is 57.3 Å². The van der Waals surface area contributed by atoms with Crippen LogP contribution in [-0.2, 0) is 0 Å². The summed E-state index contributed by atoms with van der Waals surface area (Å²) in [5.74, 6) is 0.0979. The molecule has 0 aromatic heterocycles. The van der Waals surface area contributed by atoms with Crippen LogP contribution in [0.15, 0.2) is 42.5 Å². The van der Waals surface area contributed by atoms with Gasteiger partial charge in [0.15, 0.2) is 0 Å². The van der Waals surface area contributed by atoms with E-state index in [2.05, 4.69) is 17.6 Å². The Morgan fingerprint density at radius 2 is 1.76 bits per heavy atom. The van der Waals surface area contributed by atoms with E-state index in [0.717, 1.165) is 38.1 Å². The second-order valence-electron chi connectivity index (χ2n) is 8.90. The van der Waals surface area contributed by atoms with Crippen LogP contribution in [0, 0.1) is 5.82 Å². The van der Waals surface area contributed by atoms with E-state index in [9.17, 15) is 9.18 Å². The number of hydrogen-bond donors (Lipinski definition) is 3. The molecule has 184 valence electrons. The molecule has 0 radical (unpaired) electrons. The third-order valence-electron chi connectivity index (χ3n) is 4.42. The number of carbonyl (C=O) groups excluding carboxylic acids is 1. The van der Waals surface area contributed by atoms with Crippen LogP contribution >= 0.6 is 0 Å². The van der Waals surface area contributed by atoms with E-state index < -0.39 is 5.60 Å². The normalized spacial score (nSPS) is 10.8. The van der Waals surface area contributed by atoms with E-state index in [-0.39, 0.29) is 11.7 Å². The number of unbranched alkanes of at least 4 members (excludes halogenated alkanes) is 1. The molecule has 3 N–H and O–H groups in total. The number of nitrogens with one attached hydrogen (secondary N) is 2. The van der Waals surface area contributed by atoms with Crippen LogP contribution in [0.5, 0.6) is 5.75 Å². The van der Waals surface area contributed by atoms with Crippen LogP contribution in [0.4, 0.5) is 15.8 Å². The summed E-state index contributed by atoms with van der Waals surface area (Å²) < 4.78 is 20.0. The fourth-order valence-corrected chi connectivity index (χ4v) is 2.75. The van der Waals surface area contributed by atoms with Crippen molar-refractivity contribution in [3.63, 3.8) is 0 Å². The van der Waals surface area contributed by atoms with Gasteiger partial charge in [-0.1, -0.05) is 13.3 Å². The SMILES string of the molecule is CC(C)(C)O.CCCCOc1ccc(C(=O)Nc2ccc(N(C)CCCNC)c(F)c2)cc1. The quantitative estimate of drug-likeness (QED) is 0.407. The van der Waals surface area contributed by atoms with Gasteiger partial charge in [-0.2, -0.15) is 0 Å². The monoisotopic (exact) mass is 461 g/mol. The average molecular weight is 462 g/mol. The number of hydrogen-bond acceptors (Lipinski definition) is 5. The highest BCUT2D eigenvalue weighted by Crippen LogP contribution is 2.23. The largest absolute Gasteiger partial charge is 0.494 e. The molecule has 2 aromatic carbocycles. The molecule has 33 heavy (non-hydrogen) atoms. The second kappa shape index (κ2) is 14.5. The lowest BCUT2D eigenvalue weighted by Gasteiger charge is -2.20. The lowest BCUT2D eigenvalue weighted by molar-refractivity contribution is 0.101. The van der Waals surface area contributed by atoms with Crippen molar-refractivity contribution in [2.75, 3.05) is 44.0 Å². The Bertz CT molecular complexity index is 830. The molecule has 0 heterocycles. The van der Waals surface area contributed by atoms with Crippen molar-refractivity contribution in [2.45, 2.75) is 52.6 Å². The molecular formula is C26H40FN3O3. The molecule has 0 aliphatic heterocycles. The van der Waals surface area contributed by atoms with Crippen molar-refractivity contribution in [1.29, 1.82) is 0 Å². The lowest BCUT2D eigenvalue weighted by Crippen LogP contribution is -2.23. The predicted octanol–water partition coefficient (Wildman–Crippen LogP) is 5.08. The van der Waals surface area contributed by atoms with Gasteiger partial charge in [-0.25, -0.2) is 4.39 Å². The third-order valence-corrected chi connectivity index (χ3v) is 4.42. The van der Waals surface area contributed by atoms with Gasteiger partial charge in [0.2, 0.25) is 0 Å². The van der Waals surface area contributed by atoms with Gasteiger partial charge >= 0.3 is 0 Å². The summed E-state index contributed by atoms with van der Waals surface area (Å²) >= 11 is 0. The van der Waals surface area contributed by atoms with Gasteiger partial charge in [-0.3, -0.25) is 4.79 Å². The van der Waals surface area contributed by atoms with E-state index in [4.69, 9.17) is 9.84 Å². The van der Waals surface area contributed by atoms with Crippen LogP contribution in [0.3, 0.4) is 0 Å². The average Bonchev–Trinajstić information content (AvgIpc) is 2.73. The minimum atomic E-state index is -0.500. The first-order chi connectivity index (χ1) is 15.5. The maximum atomic E-state index is 14.4. The maximum Gasteiger partial charge on any atom is 0.255 e. The summed E-state index contributed by atoms with van der Waals surface area (Å²) in [6.07, 6.45) is 2.99. The molecule has 0 unspecified atom stereocenters. The summed E-state index contributed by atoms with van der Waals surface area (Å²) in [4.78, 5) is 14.3. The predicted molar refractivity (Wildman–Crippen MR) is 135 cm³/mol. The van der Waals surface area contributed by atoms with Gasteiger partial charge in [-0.15, -0.1) is 0 Å². The van der Waals surface area contributed by atoms with Crippen molar-refractivity contribution in [3.05, 3.63) is 53.8 Å². The molecule has 7 heteroatoms. The van der Waals surface area contributed by atoms with E-state index in [1.54, 1.807) is 57.2 Å². The van der Waals surface area contributed by atoms with Gasteiger partial charge in [0.05, 0.1) is 17.9 Å². The molecule has 0 saturated heterocycles. The van der Waals surface area contributed by atoms with E-state index >= 15 is 0 Å². The summed E-state index contributed by atoms with van der Waals surface area (Å²) in [7, 11) is 3.75. The first kappa shape index (κ1) is 28.4. The van der Waals surface area contributed by atoms with E-state index in [0.29, 0.717) is 23.5 Å². The van der Waals surface area contributed by atoms with Crippen molar-refractivity contribution in [1.82, 2.24) is 5.32 Å². The number of aliphatic hydroxyl groups is 1. The standard InChI is InChI=1S/C22H30FN3O2.C4H10O/c1-4-5-15-28-19-10-7-17(8-11-19)22(27)25-18-9-12-21(20(23)16-18)26(3)14-6-13-24-2;1-4(2,3)5/h7-12,16,24H,4-6,13-15H2,1-3H3,(H,25,27);5H,1-3H3. The van der Waals surface area contributed by atoms with Gasteiger partial charge in [0.1, 0.15) is 11.6 Å². The highest BCUT2D eigenvalue weighted by molar-refractivity contribution is 6.04. The number of amides is 1. The number of ether oxygens (including phenoxy) is 1. The third kappa shape index (κ3) is 12.2. The minimum Gasteiger partial charge on any atom is -0.494 e. The van der Waals surface area contributed by atoms with Crippen molar-refractivity contribution in [2.24, 2.45) is 0 Å². The Morgan fingerprint density at radius 3 is 2.30 bits per heavy atom. The highest BCUT2D eigenvalue weighted by Gasteiger charge is 2.11. The topological polar surface area (TPSA) is 73.8 Å². The zero-order valence-corrected chi connectivity index (χ0v) is 20.9. The minimum absolute atomic E-state index is 0.283. The molecule has 0 saturated carbocycles. The number of carbonyl (C=O) groups is 1. The number of halogens is 1. The molecule has 0 bridgehead atoms. The first-order valence-electron chi connectivity index (χ1n) is 11.5. The second-order valence-corrected chi connectivity index (χ2v) is 8.90. The Hall–Kier alpha value is -2.64. The summed E-state index contributed by atoms with van der Waals surface area (Å²) in [5.41, 5.74) is 0.942. The van der Waals surface area contributed by atoms with Gasteiger partial charge in [0.25, 0.3) is 5.91 Å². The van der Waals surface area contributed by atoms with Crippen LogP contribution in [-0.4, -0.2) is 50.4 Å². The number of benzene rings is 2. The molecule has 1 amide bonds. The van der Waals surface area contributed by atoms with Gasteiger partial charge in [-0.05, 0) is 89.7 Å². The fourth-order valence-electron chi connectivity index (χ4n) is 2.75. The number of nitrogens with zero attached hydrogens (tertiary/aromatic N) is 1. The van der Waals surface area contributed by atoms with Crippen molar-refractivity contribution < 1.29 is 19.0 Å². The van der Waals surface area contributed by atoms with Gasteiger partial charge in [0, 0.05) is 24.8 Å². The zero-order valence-electron chi connectivity index (χ0n) is 20.9. The van der Waals surface area contributed by atoms with Crippen LogP contribution < -0.4 is 20.3 Å². The molecule has 0 aliphatic carbocycles. The lowest BCUT2D eigenvalue weighted by atomic mass is 10.2. The van der Waals surface area contributed by atoms with Crippen LogP contribution in [0.25, 0.3) is 0 Å². The summed E-state index contributed by atoms with van der Waals surface area (Å²) in [6, 6.07) is 11.7. The highest BCUT2D eigenvalue weighted by atomic mass is 19.1. The molecule has 2 rings (SSSR count). The molecule has 6 nitrogen and oxygen atoms in total. The van der Waals surface area contributed by atoms with E-state index in [1.807, 2.05) is 19.0 Å². The zero-order chi connectivity index (χ0) is 24.9. The molecule has 0 aliphatic rings. The summed E-state index contributed by atoms with van der Waals surface area (Å²) in [5, 5.41) is 14.3. The van der Waals surface area contributed by atoms with E-state index in [1.165, 1.54) is 6.07 Å². The Balaban J connectivity index is 0.000000981. The van der Waals surface area contributed by atoms with Crippen molar-refractivity contribution >= 4 is 17.3 Å². The van der Waals surface area contributed by atoms with Crippen molar-refractivity contribution in [3.8, 4) is 5.75 Å². The molecule has 0 spiro atoms. The fraction of sp³-hybridized carbons (Fsp3) is 0.500.